The van der Waals surface area contributed by atoms with E-state index >= 15 is 0 Å². The van der Waals surface area contributed by atoms with Crippen LogP contribution in [0.15, 0.2) is 36.5 Å². The summed E-state index contributed by atoms with van der Waals surface area (Å²) in [6.07, 6.45) is 1.37. The number of hydrogen-bond acceptors (Lipinski definition) is 6. The molecule has 0 atom stereocenters. The van der Waals surface area contributed by atoms with E-state index in [0.29, 0.717) is 5.75 Å². The predicted molar refractivity (Wildman–Crippen MR) is 68.7 cm³/mol. The van der Waals surface area contributed by atoms with E-state index in [1.165, 1.54) is 31.5 Å². The lowest BCUT2D eigenvalue weighted by Crippen LogP contribution is -1.94. The molecule has 0 bridgehead atoms. The van der Waals surface area contributed by atoms with E-state index in [9.17, 15) is 10.1 Å². The summed E-state index contributed by atoms with van der Waals surface area (Å²) in [6.45, 7) is 0. The molecule has 0 fully saturated rings. The molecule has 1 aromatic heterocycles. The van der Waals surface area contributed by atoms with E-state index in [-0.39, 0.29) is 22.9 Å². The van der Waals surface area contributed by atoms with Crippen LogP contribution in [-0.4, -0.2) is 17.0 Å². The number of methoxy groups -OCH3 is 1. The Hall–Kier alpha value is -3.14. The lowest BCUT2D eigenvalue weighted by Gasteiger charge is -2.07. The van der Waals surface area contributed by atoms with Gasteiger partial charge in [0.25, 0.3) is 0 Å². The van der Waals surface area contributed by atoms with Crippen LogP contribution in [0.2, 0.25) is 0 Å². The first kappa shape index (κ1) is 13.3. The number of aromatic nitrogens is 1. The molecule has 1 heterocycles. The van der Waals surface area contributed by atoms with Gasteiger partial charge in [-0.2, -0.15) is 5.26 Å². The summed E-state index contributed by atoms with van der Waals surface area (Å²) in [5.74, 6) is 0.813. The molecular formula is C13H9N3O4. The van der Waals surface area contributed by atoms with Crippen molar-refractivity contribution in [1.29, 1.82) is 5.26 Å². The molecule has 7 nitrogen and oxygen atoms in total. The number of pyridine rings is 1. The van der Waals surface area contributed by atoms with Gasteiger partial charge in [0.05, 0.1) is 24.3 Å². The van der Waals surface area contributed by atoms with Crippen molar-refractivity contribution in [2.24, 2.45) is 0 Å². The molecule has 2 aromatic rings. The van der Waals surface area contributed by atoms with Gasteiger partial charge in [0.2, 0.25) is 0 Å². The normalized spacial score (nSPS) is 9.60. The fourth-order valence-corrected chi connectivity index (χ4v) is 1.52. The van der Waals surface area contributed by atoms with E-state index in [4.69, 9.17) is 14.7 Å². The predicted octanol–water partition coefficient (Wildman–Crippen LogP) is 2.66. The molecule has 0 aliphatic rings. The Bertz CT molecular complexity index is 677. The number of nitriles is 1. The minimum absolute atomic E-state index is 0.153. The molecule has 0 saturated heterocycles. The van der Waals surface area contributed by atoms with Crippen LogP contribution < -0.4 is 9.47 Å². The molecule has 0 aliphatic carbocycles. The monoisotopic (exact) mass is 271 g/mol. The molecule has 100 valence electrons. The number of benzene rings is 1. The topological polar surface area (TPSA) is 98.3 Å². The van der Waals surface area contributed by atoms with Crippen LogP contribution in [0, 0.1) is 21.4 Å². The van der Waals surface area contributed by atoms with Crippen LogP contribution >= 0.6 is 0 Å². The smallest absolute Gasteiger partial charge is 0.314 e. The lowest BCUT2D eigenvalue weighted by atomic mass is 10.3. The van der Waals surface area contributed by atoms with Gasteiger partial charge in [-0.1, -0.05) is 0 Å². The lowest BCUT2D eigenvalue weighted by molar-refractivity contribution is -0.385. The molecular weight excluding hydrogens is 262 g/mol. The van der Waals surface area contributed by atoms with Gasteiger partial charge >= 0.3 is 5.69 Å². The van der Waals surface area contributed by atoms with Crippen molar-refractivity contribution in [2.75, 3.05) is 7.11 Å². The second kappa shape index (κ2) is 5.67. The molecule has 0 saturated carbocycles. The third-order valence-corrected chi connectivity index (χ3v) is 2.43. The molecule has 0 unspecified atom stereocenters. The zero-order chi connectivity index (χ0) is 14.5. The summed E-state index contributed by atoms with van der Waals surface area (Å²) >= 11 is 0. The van der Waals surface area contributed by atoms with Crippen LogP contribution in [0.1, 0.15) is 5.69 Å². The highest BCUT2D eigenvalue weighted by atomic mass is 16.6. The average Bonchev–Trinajstić information content (AvgIpc) is 2.48. The van der Waals surface area contributed by atoms with Crippen LogP contribution in [0.4, 0.5) is 5.69 Å². The van der Waals surface area contributed by atoms with Gasteiger partial charge in [0, 0.05) is 0 Å². The summed E-state index contributed by atoms with van der Waals surface area (Å²) in [6, 6.07) is 9.19. The van der Waals surface area contributed by atoms with Crippen molar-refractivity contribution >= 4 is 5.69 Å². The molecule has 7 heteroatoms. The van der Waals surface area contributed by atoms with Crippen molar-refractivity contribution in [3.63, 3.8) is 0 Å². The Morgan fingerprint density at radius 2 is 2.05 bits per heavy atom. The van der Waals surface area contributed by atoms with E-state index in [2.05, 4.69) is 4.98 Å². The maximum atomic E-state index is 10.9. The highest BCUT2D eigenvalue weighted by Gasteiger charge is 2.16. The Balaban J connectivity index is 2.27. The molecule has 1 aromatic carbocycles. The van der Waals surface area contributed by atoms with Gasteiger partial charge in [-0.25, -0.2) is 4.98 Å². The van der Waals surface area contributed by atoms with Gasteiger partial charge in [-0.05, 0) is 24.3 Å². The summed E-state index contributed by atoms with van der Waals surface area (Å²) in [4.78, 5) is 14.2. The standard InChI is InChI=1S/C13H9N3O4/c1-19-13-5-4-10(6-12(13)16(17)18)20-11-3-2-9(7-14)15-8-11/h2-6,8H,1H3. The third kappa shape index (κ3) is 2.81. The number of nitro benzene ring substituents is 1. The van der Waals surface area contributed by atoms with E-state index in [1.54, 1.807) is 12.1 Å². The second-order valence-electron chi connectivity index (χ2n) is 3.68. The van der Waals surface area contributed by atoms with Gasteiger partial charge in [0.15, 0.2) is 5.75 Å². The molecule has 0 N–H and O–H groups in total. The number of hydrogen-bond donors (Lipinski definition) is 0. The summed E-state index contributed by atoms with van der Waals surface area (Å²) < 4.78 is 10.3. The highest BCUT2D eigenvalue weighted by molar-refractivity contribution is 5.51. The van der Waals surface area contributed by atoms with Gasteiger partial charge in [-0.3, -0.25) is 10.1 Å². The number of nitrogens with zero attached hydrogens (tertiary/aromatic N) is 3. The molecule has 2 rings (SSSR count). The van der Waals surface area contributed by atoms with E-state index < -0.39 is 4.92 Å². The Morgan fingerprint density at radius 3 is 2.60 bits per heavy atom. The third-order valence-electron chi connectivity index (χ3n) is 2.43. The first-order valence-electron chi connectivity index (χ1n) is 5.50. The maximum Gasteiger partial charge on any atom is 0.314 e. The fraction of sp³-hybridized carbons (Fsp3) is 0.0769. The minimum atomic E-state index is -0.553. The number of rotatable bonds is 4. The van der Waals surface area contributed by atoms with Crippen molar-refractivity contribution in [1.82, 2.24) is 4.98 Å². The van der Waals surface area contributed by atoms with E-state index in [1.807, 2.05) is 6.07 Å². The van der Waals surface area contributed by atoms with Crippen molar-refractivity contribution in [3.8, 4) is 23.3 Å². The highest BCUT2D eigenvalue weighted by Crippen LogP contribution is 2.32. The second-order valence-corrected chi connectivity index (χ2v) is 3.68. The van der Waals surface area contributed by atoms with Crippen molar-refractivity contribution in [3.05, 3.63) is 52.3 Å². The largest absolute Gasteiger partial charge is 0.490 e. The Morgan fingerprint density at radius 1 is 1.30 bits per heavy atom. The number of nitro groups is 1. The Labute approximate surface area is 114 Å². The van der Waals surface area contributed by atoms with Crippen LogP contribution in [0.25, 0.3) is 0 Å². The maximum absolute atomic E-state index is 10.9. The Kier molecular flexibility index (Phi) is 3.77. The fourth-order valence-electron chi connectivity index (χ4n) is 1.52. The number of ether oxygens (including phenoxy) is 2. The summed E-state index contributed by atoms with van der Waals surface area (Å²) in [5.41, 5.74) is 0.0738. The van der Waals surface area contributed by atoms with Crippen molar-refractivity contribution < 1.29 is 14.4 Å². The molecule has 0 amide bonds. The van der Waals surface area contributed by atoms with Crippen LogP contribution in [0.3, 0.4) is 0 Å². The minimum Gasteiger partial charge on any atom is -0.490 e. The first-order valence-corrected chi connectivity index (χ1v) is 5.50. The zero-order valence-electron chi connectivity index (χ0n) is 10.4. The zero-order valence-corrected chi connectivity index (χ0v) is 10.4. The molecule has 0 aliphatic heterocycles. The quantitative estimate of drug-likeness (QED) is 0.626. The SMILES string of the molecule is COc1ccc(Oc2ccc(C#N)nc2)cc1[N+](=O)[O-]. The average molecular weight is 271 g/mol. The van der Waals surface area contributed by atoms with Gasteiger partial charge in [-0.15, -0.1) is 0 Å². The summed E-state index contributed by atoms with van der Waals surface area (Å²) in [7, 11) is 1.35. The van der Waals surface area contributed by atoms with Crippen LogP contribution in [0.5, 0.6) is 17.2 Å². The van der Waals surface area contributed by atoms with Crippen molar-refractivity contribution in [2.45, 2.75) is 0 Å². The van der Waals surface area contributed by atoms with Gasteiger partial charge < -0.3 is 9.47 Å². The first-order chi connectivity index (χ1) is 9.63. The molecule has 0 radical (unpaired) electrons. The summed E-state index contributed by atoms with van der Waals surface area (Å²) in [5, 5.41) is 19.5. The van der Waals surface area contributed by atoms with Gasteiger partial charge in [0.1, 0.15) is 23.3 Å². The molecule has 0 spiro atoms. The van der Waals surface area contributed by atoms with Crippen LogP contribution in [-0.2, 0) is 0 Å². The molecule has 20 heavy (non-hydrogen) atoms. The van der Waals surface area contributed by atoms with E-state index in [0.717, 1.165) is 0 Å².